The molecule has 2 aromatic rings. The molecule has 1 aromatic carbocycles. The molecular formula is C22H26N2O5. The van der Waals surface area contributed by atoms with Gasteiger partial charge in [0.1, 0.15) is 0 Å². The molecule has 3 heterocycles. The fraction of sp³-hybridized carbons (Fsp3) is 0.455. The van der Waals surface area contributed by atoms with Crippen molar-refractivity contribution >= 4 is 5.91 Å². The van der Waals surface area contributed by atoms with E-state index in [1.807, 2.05) is 21.6 Å². The molecule has 1 fully saturated rings. The average Bonchev–Trinajstić information content (AvgIpc) is 2.72. The van der Waals surface area contributed by atoms with Crippen LogP contribution < -0.4 is 19.8 Å². The van der Waals surface area contributed by atoms with Gasteiger partial charge in [0, 0.05) is 44.2 Å². The van der Waals surface area contributed by atoms with Crippen molar-refractivity contribution < 1.29 is 19.0 Å². The normalized spacial score (nSPS) is 20.1. The summed E-state index contributed by atoms with van der Waals surface area (Å²) in [5.41, 5.74) is 2.60. The average molecular weight is 398 g/mol. The van der Waals surface area contributed by atoms with Crippen molar-refractivity contribution in [3.8, 4) is 28.4 Å². The van der Waals surface area contributed by atoms with Crippen molar-refractivity contribution in [2.45, 2.75) is 25.8 Å². The number of carbonyl (C=O) groups excluding carboxylic acids is 1. The number of methoxy groups -OCH3 is 3. The van der Waals surface area contributed by atoms with E-state index in [4.69, 9.17) is 14.2 Å². The summed E-state index contributed by atoms with van der Waals surface area (Å²) in [7, 11) is 4.70. The zero-order valence-electron chi connectivity index (χ0n) is 17.2. The third kappa shape index (κ3) is 3.34. The highest BCUT2D eigenvalue weighted by Gasteiger charge is 2.35. The molecule has 0 radical (unpaired) electrons. The molecule has 1 saturated heterocycles. The van der Waals surface area contributed by atoms with Gasteiger partial charge in [-0.1, -0.05) is 0 Å². The Labute approximate surface area is 169 Å². The minimum absolute atomic E-state index is 0.0165. The van der Waals surface area contributed by atoms with Gasteiger partial charge in [0.05, 0.1) is 21.3 Å². The van der Waals surface area contributed by atoms with Crippen LogP contribution in [0.4, 0.5) is 0 Å². The van der Waals surface area contributed by atoms with Gasteiger partial charge in [-0.3, -0.25) is 9.59 Å². The maximum atomic E-state index is 12.9. The molecule has 4 rings (SSSR count). The van der Waals surface area contributed by atoms with Crippen molar-refractivity contribution in [2.75, 3.05) is 34.4 Å². The van der Waals surface area contributed by atoms with Gasteiger partial charge in [0.2, 0.25) is 11.7 Å². The molecule has 0 spiro atoms. The molecule has 0 unspecified atom stereocenters. The lowest BCUT2D eigenvalue weighted by Gasteiger charge is -2.42. The van der Waals surface area contributed by atoms with Crippen LogP contribution in [-0.4, -0.2) is 49.8 Å². The van der Waals surface area contributed by atoms with E-state index in [2.05, 4.69) is 6.07 Å². The molecule has 0 N–H and O–H groups in total. The summed E-state index contributed by atoms with van der Waals surface area (Å²) in [5.74, 6) is 2.19. The van der Waals surface area contributed by atoms with Crippen molar-refractivity contribution in [3.05, 3.63) is 40.3 Å². The first-order chi connectivity index (χ1) is 13.9. The number of hydrogen-bond acceptors (Lipinski definition) is 5. The molecule has 0 aliphatic carbocycles. The third-order valence-electron chi connectivity index (χ3n) is 6.00. The highest BCUT2D eigenvalue weighted by molar-refractivity contribution is 5.74. The van der Waals surface area contributed by atoms with Gasteiger partial charge in [-0.2, -0.15) is 0 Å². The monoisotopic (exact) mass is 398 g/mol. The number of fused-ring (bicyclic) bond motifs is 4. The molecule has 7 heteroatoms. The number of likely N-dealkylation sites (tertiary alicyclic amines) is 1. The maximum absolute atomic E-state index is 12.9. The van der Waals surface area contributed by atoms with Gasteiger partial charge >= 0.3 is 0 Å². The second-order valence-corrected chi connectivity index (χ2v) is 7.75. The first-order valence-electron chi connectivity index (χ1n) is 9.75. The number of rotatable bonds is 4. The molecule has 7 nitrogen and oxygen atoms in total. The first-order valence-corrected chi connectivity index (χ1v) is 9.75. The minimum atomic E-state index is -0.0165. The number of amides is 1. The summed E-state index contributed by atoms with van der Waals surface area (Å²) in [4.78, 5) is 26.8. The quantitative estimate of drug-likeness (QED) is 0.792. The number of piperidine rings is 1. The van der Waals surface area contributed by atoms with Crippen molar-refractivity contribution in [2.24, 2.45) is 5.92 Å². The van der Waals surface area contributed by atoms with Crippen LogP contribution in [0.3, 0.4) is 0 Å². The van der Waals surface area contributed by atoms with Gasteiger partial charge in [-0.15, -0.1) is 0 Å². The molecule has 154 valence electrons. The van der Waals surface area contributed by atoms with E-state index in [0.717, 1.165) is 29.8 Å². The SMILES string of the molecule is COc1cc(-c2cc3n(c(=O)c2)C[C@H]2C[C@@H]3CN(C(C)=O)C2)cc(OC)c1OC. The standard InChI is InChI=1S/C22H26N2O5/c1-13(25)23-10-14-5-17(12-23)18-6-15(9-21(26)24(18)11-14)16-7-19(27-2)22(29-4)20(8-16)28-3/h6-9,14,17H,5,10-12H2,1-4H3/t14-,17+/m0/s1. The first kappa shape index (κ1) is 19.4. The number of hydrogen-bond donors (Lipinski definition) is 0. The van der Waals surface area contributed by atoms with Gasteiger partial charge in [-0.25, -0.2) is 0 Å². The molecule has 1 amide bonds. The fourth-order valence-electron chi connectivity index (χ4n) is 4.63. The third-order valence-corrected chi connectivity index (χ3v) is 6.00. The highest BCUT2D eigenvalue weighted by Crippen LogP contribution is 2.42. The molecular weight excluding hydrogens is 372 g/mol. The summed E-state index contributed by atoms with van der Waals surface area (Å²) < 4.78 is 18.2. The Kier molecular flexibility index (Phi) is 4.98. The molecule has 2 atom stereocenters. The van der Waals surface area contributed by atoms with Gasteiger partial charge in [0.25, 0.3) is 5.56 Å². The van der Waals surface area contributed by atoms with Crippen molar-refractivity contribution in [1.82, 2.24) is 9.47 Å². The van der Waals surface area contributed by atoms with Crippen LogP contribution in [0.5, 0.6) is 17.2 Å². The van der Waals surface area contributed by atoms with Gasteiger partial charge in [-0.05, 0) is 41.7 Å². The van der Waals surface area contributed by atoms with Crippen LogP contribution >= 0.6 is 0 Å². The predicted octanol–water partition coefficient (Wildman–Crippen LogP) is 2.51. The summed E-state index contributed by atoms with van der Waals surface area (Å²) in [5, 5.41) is 0. The Morgan fingerprint density at radius 2 is 1.59 bits per heavy atom. The van der Waals surface area contributed by atoms with Crippen LogP contribution in [-0.2, 0) is 11.3 Å². The summed E-state index contributed by atoms with van der Waals surface area (Å²) in [6.07, 6.45) is 1.00. The van der Waals surface area contributed by atoms with E-state index in [1.54, 1.807) is 34.3 Å². The van der Waals surface area contributed by atoms with Crippen molar-refractivity contribution in [3.63, 3.8) is 0 Å². The number of nitrogens with zero attached hydrogens (tertiary/aromatic N) is 2. The summed E-state index contributed by atoms with van der Waals surface area (Å²) >= 11 is 0. The number of ether oxygens (including phenoxy) is 3. The second-order valence-electron chi connectivity index (χ2n) is 7.75. The molecule has 2 bridgehead atoms. The Balaban J connectivity index is 1.81. The van der Waals surface area contributed by atoms with Crippen molar-refractivity contribution in [1.29, 1.82) is 0 Å². The maximum Gasteiger partial charge on any atom is 0.251 e. The lowest BCUT2D eigenvalue weighted by molar-refractivity contribution is -0.131. The number of benzene rings is 1. The molecule has 2 aliphatic rings. The number of carbonyl (C=O) groups is 1. The van der Waals surface area contributed by atoms with Crippen LogP contribution in [0.1, 0.15) is 25.0 Å². The minimum Gasteiger partial charge on any atom is -0.493 e. The van der Waals surface area contributed by atoms with E-state index in [0.29, 0.717) is 36.3 Å². The molecule has 2 aliphatic heterocycles. The van der Waals surface area contributed by atoms with Crippen LogP contribution in [0.2, 0.25) is 0 Å². The van der Waals surface area contributed by atoms with Crippen LogP contribution in [0, 0.1) is 5.92 Å². The lowest BCUT2D eigenvalue weighted by Crippen LogP contribution is -2.48. The van der Waals surface area contributed by atoms with Crippen LogP contribution in [0.15, 0.2) is 29.1 Å². The smallest absolute Gasteiger partial charge is 0.251 e. The predicted molar refractivity (Wildman–Crippen MR) is 109 cm³/mol. The fourth-order valence-corrected chi connectivity index (χ4v) is 4.63. The van der Waals surface area contributed by atoms with E-state index in [9.17, 15) is 9.59 Å². The summed E-state index contributed by atoms with van der Waals surface area (Å²) in [6.45, 7) is 3.65. The van der Waals surface area contributed by atoms with E-state index in [-0.39, 0.29) is 17.4 Å². The molecule has 0 saturated carbocycles. The lowest BCUT2D eigenvalue weighted by atomic mass is 9.82. The van der Waals surface area contributed by atoms with E-state index >= 15 is 0 Å². The zero-order valence-corrected chi connectivity index (χ0v) is 17.2. The second kappa shape index (κ2) is 7.46. The Bertz CT molecular complexity index is 988. The van der Waals surface area contributed by atoms with Crippen LogP contribution in [0.25, 0.3) is 11.1 Å². The Morgan fingerprint density at radius 1 is 0.931 bits per heavy atom. The number of aromatic nitrogens is 1. The topological polar surface area (TPSA) is 70.0 Å². The van der Waals surface area contributed by atoms with E-state index in [1.165, 1.54) is 0 Å². The Morgan fingerprint density at radius 3 is 2.17 bits per heavy atom. The highest BCUT2D eigenvalue weighted by atomic mass is 16.5. The largest absolute Gasteiger partial charge is 0.493 e. The summed E-state index contributed by atoms with van der Waals surface area (Å²) in [6, 6.07) is 7.42. The molecule has 29 heavy (non-hydrogen) atoms. The van der Waals surface area contributed by atoms with Gasteiger partial charge in [0.15, 0.2) is 11.5 Å². The van der Waals surface area contributed by atoms with Gasteiger partial charge < -0.3 is 23.7 Å². The number of pyridine rings is 1. The zero-order chi connectivity index (χ0) is 20.7. The van der Waals surface area contributed by atoms with E-state index < -0.39 is 0 Å². The molecule has 1 aromatic heterocycles. The Hall–Kier alpha value is -2.96.